The van der Waals surface area contributed by atoms with Crippen LogP contribution < -0.4 is 10.1 Å². The van der Waals surface area contributed by atoms with Crippen molar-refractivity contribution in [2.75, 3.05) is 7.11 Å². The van der Waals surface area contributed by atoms with Gasteiger partial charge in [-0.15, -0.1) is 0 Å². The van der Waals surface area contributed by atoms with E-state index in [4.69, 9.17) is 4.74 Å². The summed E-state index contributed by atoms with van der Waals surface area (Å²) in [5.41, 5.74) is 1.30. The second kappa shape index (κ2) is 4.99. The Bertz CT molecular complexity index is 331. The van der Waals surface area contributed by atoms with Crippen LogP contribution in [0, 0.1) is 0 Å². The zero-order valence-corrected chi connectivity index (χ0v) is 11.3. The minimum atomic E-state index is 0.123. The Morgan fingerprint density at radius 3 is 2.53 bits per heavy atom. The lowest BCUT2D eigenvalue weighted by Gasteiger charge is -2.21. The van der Waals surface area contributed by atoms with E-state index in [-0.39, 0.29) is 5.54 Å². The number of benzene rings is 1. The lowest BCUT2D eigenvalue weighted by atomic mass is 10.1. The van der Waals surface area contributed by atoms with Crippen LogP contribution in [0.3, 0.4) is 0 Å². The normalized spacial score (nSPS) is 11.5. The van der Waals surface area contributed by atoms with E-state index in [0.717, 1.165) is 16.8 Å². The van der Waals surface area contributed by atoms with Crippen molar-refractivity contribution in [2.45, 2.75) is 32.9 Å². The van der Waals surface area contributed by atoms with E-state index in [1.807, 2.05) is 12.1 Å². The number of ether oxygens (including phenoxy) is 1. The molecule has 0 atom stereocenters. The molecule has 1 aromatic carbocycles. The lowest BCUT2D eigenvalue weighted by molar-refractivity contribution is 0.391. The Hall–Kier alpha value is -0.540. The van der Waals surface area contributed by atoms with Gasteiger partial charge in [0.25, 0.3) is 0 Å². The van der Waals surface area contributed by atoms with E-state index >= 15 is 0 Å². The van der Waals surface area contributed by atoms with Crippen molar-refractivity contribution in [3.8, 4) is 5.75 Å². The third-order valence-corrected chi connectivity index (χ3v) is 2.55. The van der Waals surface area contributed by atoms with Gasteiger partial charge >= 0.3 is 0 Å². The molecule has 0 saturated carbocycles. The summed E-state index contributed by atoms with van der Waals surface area (Å²) in [6, 6.07) is 6.09. The van der Waals surface area contributed by atoms with Gasteiger partial charge in [-0.05, 0) is 32.9 Å². The van der Waals surface area contributed by atoms with Crippen molar-refractivity contribution in [1.29, 1.82) is 0 Å². The Labute approximate surface area is 100 Å². The van der Waals surface area contributed by atoms with Crippen molar-refractivity contribution in [3.63, 3.8) is 0 Å². The highest BCUT2D eigenvalue weighted by Gasteiger charge is 2.10. The van der Waals surface area contributed by atoms with Gasteiger partial charge in [0.2, 0.25) is 0 Å². The highest BCUT2D eigenvalue weighted by atomic mass is 79.9. The maximum atomic E-state index is 5.32. The fraction of sp³-hybridized carbons (Fsp3) is 0.500. The molecule has 3 heteroatoms. The van der Waals surface area contributed by atoms with Gasteiger partial charge in [0.05, 0.1) is 7.11 Å². The van der Waals surface area contributed by atoms with Gasteiger partial charge in [0.1, 0.15) is 5.75 Å². The molecule has 1 N–H and O–H groups in total. The standard InChI is InChI=1S/C12H18BrNO/c1-12(2,3)14-8-9-5-6-10(13)7-11(9)15-4/h5-7,14H,8H2,1-4H3. The average molecular weight is 272 g/mol. The molecule has 2 nitrogen and oxygen atoms in total. The third-order valence-electron chi connectivity index (χ3n) is 2.06. The number of methoxy groups -OCH3 is 1. The summed E-state index contributed by atoms with van der Waals surface area (Å²) in [4.78, 5) is 0. The van der Waals surface area contributed by atoms with Gasteiger partial charge < -0.3 is 10.1 Å². The Kier molecular flexibility index (Phi) is 4.17. The van der Waals surface area contributed by atoms with E-state index in [9.17, 15) is 0 Å². The summed E-state index contributed by atoms with van der Waals surface area (Å²) >= 11 is 3.43. The predicted octanol–water partition coefficient (Wildman–Crippen LogP) is 3.35. The first-order valence-corrected chi connectivity index (χ1v) is 5.79. The second-order valence-corrected chi connectivity index (χ2v) is 5.48. The SMILES string of the molecule is COc1cc(Br)ccc1CNC(C)(C)C. The van der Waals surface area contributed by atoms with Crippen LogP contribution in [0.5, 0.6) is 5.75 Å². The third kappa shape index (κ3) is 4.22. The van der Waals surface area contributed by atoms with E-state index in [0.29, 0.717) is 0 Å². The van der Waals surface area contributed by atoms with Gasteiger partial charge in [-0.25, -0.2) is 0 Å². The molecule has 15 heavy (non-hydrogen) atoms. The van der Waals surface area contributed by atoms with E-state index in [2.05, 4.69) is 48.1 Å². The molecule has 0 aromatic heterocycles. The number of nitrogens with one attached hydrogen (secondary N) is 1. The van der Waals surface area contributed by atoms with Crippen molar-refractivity contribution < 1.29 is 4.74 Å². The Morgan fingerprint density at radius 1 is 1.33 bits per heavy atom. The average Bonchev–Trinajstić information content (AvgIpc) is 2.14. The number of halogens is 1. The summed E-state index contributed by atoms with van der Waals surface area (Å²) in [7, 11) is 1.70. The van der Waals surface area contributed by atoms with Gasteiger partial charge in [0, 0.05) is 22.1 Å². The molecule has 0 saturated heterocycles. The minimum Gasteiger partial charge on any atom is -0.496 e. The van der Waals surface area contributed by atoms with Gasteiger partial charge in [-0.2, -0.15) is 0 Å². The van der Waals surface area contributed by atoms with Crippen molar-refractivity contribution >= 4 is 15.9 Å². The molecule has 0 radical (unpaired) electrons. The van der Waals surface area contributed by atoms with Crippen LogP contribution in [0.4, 0.5) is 0 Å². The fourth-order valence-corrected chi connectivity index (χ4v) is 1.56. The van der Waals surface area contributed by atoms with Crippen LogP contribution in [0.1, 0.15) is 26.3 Å². The molecule has 0 heterocycles. The lowest BCUT2D eigenvalue weighted by Crippen LogP contribution is -2.35. The molecule has 0 fully saturated rings. The van der Waals surface area contributed by atoms with E-state index in [1.165, 1.54) is 5.56 Å². The van der Waals surface area contributed by atoms with Gasteiger partial charge in [0.15, 0.2) is 0 Å². The Balaban J connectivity index is 2.76. The molecule has 0 bridgehead atoms. The Morgan fingerprint density at radius 2 is 2.00 bits per heavy atom. The van der Waals surface area contributed by atoms with Crippen LogP contribution in [-0.4, -0.2) is 12.6 Å². The van der Waals surface area contributed by atoms with Crippen LogP contribution >= 0.6 is 15.9 Å². The summed E-state index contributed by atoms with van der Waals surface area (Å²) in [6.45, 7) is 7.27. The quantitative estimate of drug-likeness (QED) is 0.911. The zero-order chi connectivity index (χ0) is 11.5. The van der Waals surface area contributed by atoms with Crippen LogP contribution in [0.2, 0.25) is 0 Å². The van der Waals surface area contributed by atoms with Crippen molar-refractivity contribution in [1.82, 2.24) is 5.32 Å². The molecule has 1 aromatic rings. The monoisotopic (exact) mass is 271 g/mol. The molecule has 0 aliphatic rings. The molecule has 0 aliphatic heterocycles. The maximum Gasteiger partial charge on any atom is 0.124 e. The maximum absolute atomic E-state index is 5.32. The summed E-state index contributed by atoms with van der Waals surface area (Å²) in [6.07, 6.45) is 0. The van der Waals surface area contributed by atoms with E-state index < -0.39 is 0 Å². The van der Waals surface area contributed by atoms with Crippen LogP contribution in [-0.2, 0) is 6.54 Å². The molecular weight excluding hydrogens is 254 g/mol. The van der Waals surface area contributed by atoms with Crippen LogP contribution in [0.25, 0.3) is 0 Å². The second-order valence-electron chi connectivity index (χ2n) is 4.56. The van der Waals surface area contributed by atoms with Gasteiger partial charge in [-0.1, -0.05) is 22.0 Å². The molecule has 0 amide bonds. The molecule has 0 unspecified atom stereocenters. The largest absolute Gasteiger partial charge is 0.496 e. The first-order valence-electron chi connectivity index (χ1n) is 5.00. The smallest absolute Gasteiger partial charge is 0.124 e. The topological polar surface area (TPSA) is 21.3 Å². The van der Waals surface area contributed by atoms with Crippen molar-refractivity contribution in [3.05, 3.63) is 28.2 Å². The first-order chi connectivity index (χ1) is 6.92. The zero-order valence-electron chi connectivity index (χ0n) is 9.73. The number of hydrogen-bond donors (Lipinski definition) is 1. The molecular formula is C12H18BrNO. The van der Waals surface area contributed by atoms with Gasteiger partial charge in [-0.3, -0.25) is 0 Å². The molecule has 1 rings (SSSR count). The number of rotatable bonds is 3. The highest BCUT2D eigenvalue weighted by Crippen LogP contribution is 2.23. The van der Waals surface area contributed by atoms with E-state index in [1.54, 1.807) is 7.11 Å². The molecule has 84 valence electrons. The molecule has 0 spiro atoms. The number of hydrogen-bond acceptors (Lipinski definition) is 2. The fourth-order valence-electron chi connectivity index (χ4n) is 1.22. The summed E-state index contributed by atoms with van der Waals surface area (Å²) in [5.74, 6) is 0.918. The summed E-state index contributed by atoms with van der Waals surface area (Å²) < 4.78 is 6.36. The summed E-state index contributed by atoms with van der Waals surface area (Å²) in [5, 5.41) is 3.44. The predicted molar refractivity (Wildman–Crippen MR) is 67.3 cm³/mol. The first kappa shape index (κ1) is 12.5. The van der Waals surface area contributed by atoms with Crippen LogP contribution in [0.15, 0.2) is 22.7 Å². The van der Waals surface area contributed by atoms with Crippen molar-refractivity contribution in [2.24, 2.45) is 0 Å². The minimum absolute atomic E-state index is 0.123. The molecule has 0 aliphatic carbocycles. The highest BCUT2D eigenvalue weighted by molar-refractivity contribution is 9.10.